The summed E-state index contributed by atoms with van der Waals surface area (Å²) in [6.45, 7) is 1.48. The molecule has 0 unspecified atom stereocenters. The number of thiophene rings is 1. The van der Waals surface area contributed by atoms with Crippen LogP contribution in [0.3, 0.4) is 0 Å². The minimum Gasteiger partial charge on any atom is -0.356 e. The first-order valence-electron chi connectivity index (χ1n) is 11.2. The van der Waals surface area contributed by atoms with Crippen molar-refractivity contribution in [1.82, 2.24) is 20.2 Å². The molecule has 1 aromatic carbocycles. The lowest BCUT2D eigenvalue weighted by atomic mass is 9.89. The van der Waals surface area contributed by atoms with Crippen molar-refractivity contribution < 1.29 is 13.2 Å². The van der Waals surface area contributed by atoms with Crippen LogP contribution in [0.25, 0.3) is 21.5 Å². The van der Waals surface area contributed by atoms with E-state index in [-0.39, 0.29) is 10.3 Å². The molecule has 1 aliphatic heterocycles. The second-order valence-electron chi connectivity index (χ2n) is 8.93. The predicted octanol–water partition coefficient (Wildman–Crippen LogP) is 5.95. The Hall–Kier alpha value is -3.66. The Labute approximate surface area is 203 Å². The number of aromatic amines is 1. The Bertz CT molecular complexity index is 1420. The van der Waals surface area contributed by atoms with Crippen molar-refractivity contribution in [3.05, 3.63) is 77.7 Å². The molecule has 2 N–H and O–H groups in total. The van der Waals surface area contributed by atoms with Gasteiger partial charge in [0.05, 0.1) is 17.5 Å². The molecule has 1 atom stereocenters. The quantitative estimate of drug-likeness (QED) is 0.359. The van der Waals surface area contributed by atoms with Crippen LogP contribution in [0.1, 0.15) is 11.3 Å². The highest BCUT2D eigenvalue weighted by Gasteiger charge is 2.38. The lowest BCUT2D eigenvalue weighted by molar-refractivity contribution is -0.126. The molecule has 0 saturated carbocycles. The van der Waals surface area contributed by atoms with Crippen LogP contribution in [-0.2, 0) is 6.42 Å². The number of anilines is 2. The first-order chi connectivity index (χ1) is 16.9. The van der Waals surface area contributed by atoms with Gasteiger partial charge in [-0.15, -0.1) is 11.3 Å². The number of nitrogens with zero attached hydrogens (tertiary/aromatic N) is 4. The van der Waals surface area contributed by atoms with E-state index in [1.165, 1.54) is 6.33 Å². The summed E-state index contributed by atoms with van der Waals surface area (Å²) in [5, 5.41) is 11.1. The molecule has 6 rings (SSSR count). The van der Waals surface area contributed by atoms with E-state index < -0.39 is 12.6 Å². The molecular weight excluding hydrogens is 473 g/mol. The van der Waals surface area contributed by atoms with Crippen LogP contribution in [0.5, 0.6) is 0 Å². The standard InChI is InChI=1S/C25H21F3N6S/c26-25(27,28)13-19-11-20-22(29-15-30-23(20)35-19)34-10-8-24(14-34)7-5-18(12-24)32-17-3-1-16(2-4-17)21-6-9-31-33-21/h1-7,9,11-12,15,32H,8,10,13-14H2,(H,31,33)/t24-/m1/s1. The number of aromatic nitrogens is 4. The summed E-state index contributed by atoms with van der Waals surface area (Å²) in [4.78, 5) is 11.6. The third kappa shape index (κ3) is 4.41. The average Bonchev–Trinajstić information content (AvgIpc) is 3.61. The molecule has 0 bridgehead atoms. The number of halogens is 3. The van der Waals surface area contributed by atoms with E-state index in [2.05, 4.69) is 48.6 Å². The van der Waals surface area contributed by atoms with E-state index >= 15 is 0 Å². The molecule has 0 radical (unpaired) electrons. The van der Waals surface area contributed by atoms with Gasteiger partial charge in [-0.05, 0) is 48.4 Å². The molecule has 1 fully saturated rings. The van der Waals surface area contributed by atoms with Gasteiger partial charge < -0.3 is 10.2 Å². The minimum atomic E-state index is -4.24. The summed E-state index contributed by atoms with van der Waals surface area (Å²) in [6, 6.07) is 11.7. The molecule has 10 heteroatoms. The van der Waals surface area contributed by atoms with Gasteiger partial charge in [0.1, 0.15) is 17.0 Å². The number of benzene rings is 1. The second-order valence-corrected chi connectivity index (χ2v) is 10.0. The summed E-state index contributed by atoms with van der Waals surface area (Å²) in [6.07, 6.45) is 5.41. The summed E-state index contributed by atoms with van der Waals surface area (Å²) >= 11 is 1.08. The van der Waals surface area contributed by atoms with E-state index in [4.69, 9.17) is 0 Å². The van der Waals surface area contributed by atoms with Crippen LogP contribution in [0.2, 0.25) is 0 Å². The van der Waals surface area contributed by atoms with Gasteiger partial charge in [0.15, 0.2) is 0 Å². The molecule has 1 saturated heterocycles. The molecule has 1 aliphatic carbocycles. The third-order valence-corrected chi connectivity index (χ3v) is 7.43. The van der Waals surface area contributed by atoms with Crippen LogP contribution in [0, 0.1) is 5.41 Å². The van der Waals surface area contributed by atoms with E-state index in [0.29, 0.717) is 22.6 Å². The number of hydrogen-bond donors (Lipinski definition) is 2. The Morgan fingerprint density at radius 1 is 1.14 bits per heavy atom. The van der Waals surface area contributed by atoms with Crippen LogP contribution >= 0.6 is 11.3 Å². The van der Waals surface area contributed by atoms with Crippen molar-refractivity contribution in [3.63, 3.8) is 0 Å². The summed E-state index contributed by atoms with van der Waals surface area (Å²) < 4.78 is 38.7. The maximum atomic E-state index is 12.9. The predicted molar refractivity (Wildman–Crippen MR) is 131 cm³/mol. The highest BCUT2D eigenvalue weighted by atomic mass is 32.1. The Kier molecular flexibility index (Phi) is 5.14. The first-order valence-corrected chi connectivity index (χ1v) is 12.0. The van der Waals surface area contributed by atoms with Crippen molar-refractivity contribution in [2.24, 2.45) is 5.41 Å². The Morgan fingerprint density at radius 3 is 2.77 bits per heavy atom. The molecule has 3 aromatic heterocycles. The third-order valence-electron chi connectivity index (χ3n) is 6.39. The fraction of sp³-hybridized carbons (Fsp3) is 0.240. The molecule has 0 amide bonds. The zero-order valence-electron chi connectivity index (χ0n) is 18.5. The molecule has 35 heavy (non-hydrogen) atoms. The van der Waals surface area contributed by atoms with E-state index in [0.717, 1.165) is 46.9 Å². The number of fused-ring (bicyclic) bond motifs is 1. The molecule has 178 valence electrons. The zero-order valence-corrected chi connectivity index (χ0v) is 19.3. The van der Waals surface area contributed by atoms with E-state index in [1.54, 1.807) is 12.3 Å². The SMILES string of the molecule is FC(F)(F)Cc1cc2c(N3CC[C@@]4(C=CC(Nc5ccc(-c6ccn[nH]6)cc5)=C4)C3)ncnc2s1. The van der Waals surface area contributed by atoms with Gasteiger partial charge in [-0.25, -0.2) is 9.97 Å². The molecule has 4 heterocycles. The number of nitrogens with one attached hydrogen (secondary N) is 2. The summed E-state index contributed by atoms with van der Waals surface area (Å²) in [5.41, 5.74) is 3.91. The van der Waals surface area contributed by atoms with E-state index in [9.17, 15) is 13.2 Å². The molecule has 1 spiro atoms. The second kappa shape index (κ2) is 8.23. The van der Waals surface area contributed by atoms with Crippen molar-refractivity contribution in [1.29, 1.82) is 0 Å². The van der Waals surface area contributed by atoms with Gasteiger partial charge in [0, 0.05) is 41.0 Å². The first kappa shape index (κ1) is 21.8. The number of H-pyrrole nitrogens is 1. The van der Waals surface area contributed by atoms with Crippen molar-refractivity contribution >= 4 is 33.1 Å². The normalized spacial score (nSPS) is 19.7. The number of allylic oxidation sites excluding steroid dienone is 1. The van der Waals surface area contributed by atoms with E-state index in [1.807, 2.05) is 30.3 Å². The smallest absolute Gasteiger partial charge is 0.356 e. The maximum Gasteiger partial charge on any atom is 0.393 e. The topological polar surface area (TPSA) is 69.7 Å². The van der Waals surface area contributed by atoms with Crippen molar-refractivity contribution in [2.45, 2.75) is 19.0 Å². The van der Waals surface area contributed by atoms with Gasteiger partial charge in [-0.2, -0.15) is 18.3 Å². The van der Waals surface area contributed by atoms with Crippen molar-refractivity contribution in [2.75, 3.05) is 23.3 Å². The lowest BCUT2D eigenvalue weighted by Crippen LogP contribution is -2.24. The highest BCUT2D eigenvalue weighted by molar-refractivity contribution is 7.18. The molecule has 6 nitrogen and oxygen atoms in total. The number of rotatable bonds is 5. The minimum absolute atomic E-state index is 0.139. The van der Waals surface area contributed by atoms with Crippen molar-refractivity contribution in [3.8, 4) is 11.3 Å². The molecular formula is C25H21F3N6S. The lowest BCUT2D eigenvalue weighted by Gasteiger charge is -2.21. The zero-order chi connectivity index (χ0) is 24.0. The van der Waals surface area contributed by atoms with Crippen LogP contribution in [-0.4, -0.2) is 39.4 Å². The largest absolute Gasteiger partial charge is 0.393 e. The fourth-order valence-electron chi connectivity index (χ4n) is 4.78. The van der Waals surface area contributed by atoms with Gasteiger partial charge in [0.25, 0.3) is 0 Å². The molecule has 2 aliphatic rings. The van der Waals surface area contributed by atoms with Gasteiger partial charge in [0.2, 0.25) is 0 Å². The van der Waals surface area contributed by atoms with Gasteiger partial charge >= 0.3 is 6.18 Å². The van der Waals surface area contributed by atoms with Crippen LogP contribution in [0.4, 0.5) is 24.7 Å². The average molecular weight is 495 g/mol. The van der Waals surface area contributed by atoms with Crippen LogP contribution < -0.4 is 10.2 Å². The van der Waals surface area contributed by atoms with Crippen LogP contribution in [0.15, 0.2) is 72.8 Å². The monoisotopic (exact) mass is 494 g/mol. The molecule has 4 aromatic rings. The number of alkyl halides is 3. The summed E-state index contributed by atoms with van der Waals surface area (Å²) in [5.74, 6) is 0.703. The van der Waals surface area contributed by atoms with Gasteiger partial charge in [-0.1, -0.05) is 18.2 Å². The van der Waals surface area contributed by atoms with Gasteiger partial charge in [-0.3, -0.25) is 5.10 Å². The maximum absolute atomic E-state index is 12.9. The fourth-order valence-corrected chi connectivity index (χ4v) is 5.80. The summed E-state index contributed by atoms with van der Waals surface area (Å²) in [7, 11) is 0. The Morgan fingerprint density at radius 2 is 2.00 bits per heavy atom. The Balaban J connectivity index is 1.18. The highest BCUT2D eigenvalue weighted by Crippen LogP contribution is 2.42. The number of hydrogen-bond acceptors (Lipinski definition) is 6.